The summed E-state index contributed by atoms with van der Waals surface area (Å²) in [7, 11) is 0. The monoisotopic (exact) mass is 296 g/mol. The van der Waals surface area contributed by atoms with E-state index in [4.69, 9.17) is 4.74 Å². The Balaban J connectivity index is 2.45. The van der Waals surface area contributed by atoms with Gasteiger partial charge in [0.05, 0.1) is 13.2 Å². The molecule has 0 aliphatic rings. The zero-order chi connectivity index (χ0) is 8.97. The van der Waals surface area contributed by atoms with Crippen LogP contribution in [-0.2, 0) is 11.3 Å². The van der Waals surface area contributed by atoms with Crippen LogP contribution < -0.4 is 0 Å². The summed E-state index contributed by atoms with van der Waals surface area (Å²) < 4.78 is 8.86. The molecule has 1 heterocycles. The Hall–Kier alpha value is 0.130. The highest BCUT2D eigenvalue weighted by Gasteiger charge is 2.01. The minimum atomic E-state index is 0.698. The standard InChI is InChI=1S/C7H10Br2N2O/c1-2-12-4-3-11-7(9)5-6(8)10-11/h5H,2-4H2,1H3. The fraction of sp³-hybridized carbons (Fsp3) is 0.571. The Bertz CT molecular complexity index is 250. The third-order valence-corrected chi connectivity index (χ3v) is 2.38. The first-order valence-electron chi connectivity index (χ1n) is 3.70. The fourth-order valence-electron chi connectivity index (χ4n) is 0.817. The molecular formula is C7H10Br2N2O. The van der Waals surface area contributed by atoms with Crippen molar-refractivity contribution in [1.82, 2.24) is 9.78 Å². The van der Waals surface area contributed by atoms with Crippen LogP contribution in [-0.4, -0.2) is 23.0 Å². The third kappa shape index (κ3) is 2.88. The van der Waals surface area contributed by atoms with Gasteiger partial charge in [-0.25, -0.2) is 0 Å². The summed E-state index contributed by atoms with van der Waals surface area (Å²) in [5.41, 5.74) is 0. The molecule has 0 saturated heterocycles. The maximum Gasteiger partial charge on any atom is 0.129 e. The lowest BCUT2D eigenvalue weighted by atomic mass is 10.6. The van der Waals surface area contributed by atoms with Crippen LogP contribution in [0.3, 0.4) is 0 Å². The molecular weight excluding hydrogens is 288 g/mol. The second-order valence-electron chi connectivity index (χ2n) is 2.21. The molecule has 0 saturated carbocycles. The van der Waals surface area contributed by atoms with Gasteiger partial charge in [-0.2, -0.15) is 5.10 Å². The van der Waals surface area contributed by atoms with E-state index in [2.05, 4.69) is 37.0 Å². The molecule has 5 heteroatoms. The van der Waals surface area contributed by atoms with Gasteiger partial charge >= 0.3 is 0 Å². The van der Waals surface area contributed by atoms with E-state index in [-0.39, 0.29) is 0 Å². The Labute approximate surface area is 88.3 Å². The molecule has 1 rings (SSSR count). The van der Waals surface area contributed by atoms with E-state index in [1.165, 1.54) is 0 Å². The molecule has 0 spiro atoms. The molecule has 12 heavy (non-hydrogen) atoms. The molecule has 0 amide bonds. The summed E-state index contributed by atoms with van der Waals surface area (Å²) >= 11 is 6.67. The summed E-state index contributed by atoms with van der Waals surface area (Å²) in [5, 5.41) is 4.19. The maximum atomic E-state index is 5.20. The van der Waals surface area contributed by atoms with Crippen LogP contribution in [0.15, 0.2) is 15.3 Å². The minimum absolute atomic E-state index is 0.698. The molecule has 0 radical (unpaired) electrons. The zero-order valence-corrected chi connectivity index (χ0v) is 9.93. The molecule has 0 aliphatic heterocycles. The molecule has 1 aromatic rings. The van der Waals surface area contributed by atoms with Gasteiger partial charge in [-0.3, -0.25) is 4.68 Å². The quantitative estimate of drug-likeness (QED) is 0.798. The Morgan fingerprint density at radius 3 is 2.83 bits per heavy atom. The van der Waals surface area contributed by atoms with Gasteiger partial charge < -0.3 is 4.74 Å². The molecule has 0 bridgehead atoms. The third-order valence-electron chi connectivity index (χ3n) is 1.35. The smallest absolute Gasteiger partial charge is 0.129 e. The first kappa shape index (κ1) is 10.2. The lowest BCUT2D eigenvalue weighted by molar-refractivity contribution is 0.135. The normalized spacial score (nSPS) is 10.6. The van der Waals surface area contributed by atoms with Crippen LogP contribution in [0, 0.1) is 0 Å². The van der Waals surface area contributed by atoms with Gasteiger partial charge in [0.2, 0.25) is 0 Å². The van der Waals surface area contributed by atoms with Crippen LogP contribution in [0.25, 0.3) is 0 Å². The predicted molar refractivity (Wildman–Crippen MR) is 54.1 cm³/mol. The van der Waals surface area contributed by atoms with Gasteiger partial charge in [0.1, 0.15) is 9.21 Å². The van der Waals surface area contributed by atoms with Crippen molar-refractivity contribution in [1.29, 1.82) is 0 Å². The summed E-state index contributed by atoms with van der Waals surface area (Å²) in [4.78, 5) is 0. The van der Waals surface area contributed by atoms with Crippen LogP contribution >= 0.6 is 31.9 Å². The van der Waals surface area contributed by atoms with Crippen molar-refractivity contribution in [3.8, 4) is 0 Å². The number of hydrogen-bond donors (Lipinski definition) is 0. The van der Waals surface area contributed by atoms with Crippen molar-refractivity contribution >= 4 is 31.9 Å². The number of hydrogen-bond acceptors (Lipinski definition) is 2. The minimum Gasteiger partial charge on any atom is -0.380 e. The van der Waals surface area contributed by atoms with Crippen molar-refractivity contribution in [2.75, 3.05) is 13.2 Å². The average molecular weight is 298 g/mol. The summed E-state index contributed by atoms with van der Waals surface area (Å²) in [6.45, 7) is 4.21. The molecule has 0 atom stereocenters. The molecule has 1 aromatic heterocycles. The SMILES string of the molecule is CCOCCn1nc(Br)cc1Br. The highest BCUT2D eigenvalue weighted by atomic mass is 79.9. The number of rotatable bonds is 4. The Morgan fingerprint density at radius 1 is 1.58 bits per heavy atom. The summed E-state index contributed by atoms with van der Waals surface area (Å²) in [6, 6.07) is 1.91. The van der Waals surface area contributed by atoms with E-state index < -0.39 is 0 Å². The Morgan fingerprint density at radius 2 is 2.33 bits per heavy atom. The Kier molecular flexibility index (Phi) is 4.25. The van der Waals surface area contributed by atoms with Gasteiger partial charge in [0, 0.05) is 12.7 Å². The second-order valence-corrected chi connectivity index (χ2v) is 3.83. The van der Waals surface area contributed by atoms with Gasteiger partial charge in [-0.15, -0.1) is 0 Å². The number of nitrogens with zero attached hydrogens (tertiary/aromatic N) is 2. The van der Waals surface area contributed by atoms with Crippen molar-refractivity contribution < 1.29 is 4.74 Å². The second kappa shape index (κ2) is 4.99. The predicted octanol–water partition coefficient (Wildman–Crippen LogP) is 2.44. The van der Waals surface area contributed by atoms with Crippen LogP contribution in [0.5, 0.6) is 0 Å². The summed E-state index contributed by atoms with van der Waals surface area (Å²) in [5.74, 6) is 0. The topological polar surface area (TPSA) is 27.1 Å². The van der Waals surface area contributed by atoms with E-state index in [0.717, 1.165) is 22.4 Å². The highest BCUT2D eigenvalue weighted by Crippen LogP contribution is 2.15. The summed E-state index contributed by atoms with van der Waals surface area (Å²) in [6.07, 6.45) is 0. The van der Waals surface area contributed by atoms with Crippen LogP contribution in [0.2, 0.25) is 0 Å². The van der Waals surface area contributed by atoms with Crippen molar-refractivity contribution in [3.63, 3.8) is 0 Å². The average Bonchev–Trinajstić information content (AvgIpc) is 2.31. The fourth-order valence-corrected chi connectivity index (χ4v) is 2.01. The molecule has 0 N–H and O–H groups in total. The number of ether oxygens (including phenoxy) is 1. The van der Waals surface area contributed by atoms with Gasteiger partial charge in [0.15, 0.2) is 0 Å². The van der Waals surface area contributed by atoms with E-state index in [1.807, 2.05) is 17.7 Å². The van der Waals surface area contributed by atoms with Crippen LogP contribution in [0.1, 0.15) is 6.92 Å². The van der Waals surface area contributed by atoms with E-state index in [9.17, 15) is 0 Å². The first-order chi connectivity index (χ1) is 5.74. The van der Waals surface area contributed by atoms with Gasteiger partial charge in [-0.05, 0) is 38.8 Å². The van der Waals surface area contributed by atoms with Gasteiger partial charge in [0.25, 0.3) is 0 Å². The van der Waals surface area contributed by atoms with Crippen molar-refractivity contribution in [2.24, 2.45) is 0 Å². The van der Waals surface area contributed by atoms with E-state index in [1.54, 1.807) is 0 Å². The maximum absolute atomic E-state index is 5.20. The zero-order valence-electron chi connectivity index (χ0n) is 6.76. The lowest BCUT2D eigenvalue weighted by Gasteiger charge is -2.02. The van der Waals surface area contributed by atoms with Crippen molar-refractivity contribution in [3.05, 3.63) is 15.3 Å². The molecule has 3 nitrogen and oxygen atoms in total. The lowest BCUT2D eigenvalue weighted by Crippen LogP contribution is -2.07. The molecule has 0 fully saturated rings. The molecule has 68 valence electrons. The number of halogens is 2. The number of aromatic nitrogens is 2. The van der Waals surface area contributed by atoms with Gasteiger partial charge in [-0.1, -0.05) is 0 Å². The molecule has 0 aromatic carbocycles. The first-order valence-corrected chi connectivity index (χ1v) is 5.29. The van der Waals surface area contributed by atoms with E-state index >= 15 is 0 Å². The molecule has 0 unspecified atom stereocenters. The van der Waals surface area contributed by atoms with Crippen LogP contribution in [0.4, 0.5) is 0 Å². The van der Waals surface area contributed by atoms with Crippen molar-refractivity contribution in [2.45, 2.75) is 13.5 Å². The highest BCUT2D eigenvalue weighted by molar-refractivity contribution is 9.11. The molecule has 0 aliphatic carbocycles. The van der Waals surface area contributed by atoms with E-state index in [0.29, 0.717) is 6.61 Å². The largest absolute Gasteiger partial charge is 0.380 e.